The van der Waals surface area contributed by atoms with Gasteiger partial charge in [-0.3, -0.25) is 4.79 Å². The quantitative estimate of drug-likeness (QED) is 0.726. The van der Waals surface area contributed by atoms with Gasteiger partial charge in [0.05, 0.1) is 0 Å². The van der Waals surface area contributed by atoms with Crippen molar-refractivity contribution in [2.45, 2.75) is 39.5 Å². The molecule has 1 aliphatic rings. The standard InChI is InChI=1S/C15H31N3O/c1-14(2)6-4-10-17(3)15(19)7-5-11-18-12-8-16-9-13-18/h14,16H,4-13H2,1-3H3. The van der Waals surface area contributed by atoms with Crippen LogP contribution in [-0.4, -0.2) is 62.0 Å². The van der Waals surface area contributed by atoms with Gasteiger partial charge >= 0.3 is 0 Å². The van der Waals surface area contributed by atoms with Crippen molar-refractivity contribution in [1.29, 1.82) is 0 Å². The number of amides is 1. The van der Waals surface area contributed by atoms with Gasteiger partial charge in [-0.05, 0) is 31.7 Å². The van der Waals surface area contributed by atoms with Gasteiger partial charge in [-0.25, -0.2) is 0 Å². The summed E-state index contributed by atoms with van der Waals surface area (Å²) in [5.74, 6) is 1.04. The lowest BCUT2D eigenvalue weighted by molar-refractivity contribution is -0.130. The summed E-state index contributed by atoms with van der Waals surface area (Å²) in [5, 5.41) is 3.35. The van der Waals surface area contributed by atoms with Gasteiger partial charge in [0.15, 0.2) is 0 Å². The first-order valence-corrected chi connectivity index (χ1v) is 7.76. The van der Waals surface area contributed by atoms with Gasteiger partial charge in [0, 0.05) is 46.2 Å². The molecule has 1 saturated heterocycles. The molecule has 0 aromatic carbocycles. The summed E-state index contributed by atoms with van der Waals surface area (Å²) in [7, 11) is 1.94. The van der Waals surface area contributed by atoms with Crippen molar-refractivity contribution in [3.05, 3.63) is 0 Å². The zero-order valence-electron chi connectivity index (χ0n) is 13.0. The van der Waals surface area contributed by atoms with E-state index in [2.05, 4.69) is 24.1 Å². The summed E-state index contributed by atoms with van der Waals surface area (Å²) in [6, 6.07) is 0. The molecule has 0 aromatic heterocycles. The number of hydrogen-bond donors (Lipinski definition) is 1. The summed E-state index contributed by atoms with van der Waals surface area (Å²) in [5.41, 5.74) is 0. The molecule has 0 spiro atoms. The highest BCUT2D eigenvalue weighted by Gasteiger charge is 2.12. The SMILES string of the molecule is CC(C)CCCN(C)C(=O)CCCN1CCNCC1. The van der Waals surface area contributed by atoms with Crippen molar-refractivity contribution in [1.82, 2.24) is 15.1 Å². The molecule has 0 aliphatic carbocycles. The largest absolute Gasteiger partial charge is 0.346 e. The number of piperazine rings is 1. The van der Waals surface area contributed by atoms with Crippen LogP contribution in [-0.2, 0) is 4.79 Å². The Morgan fingerprint density at radius 1 is 1.26 bits per heavy atom. The molecule has 112 valence electrons. The molecule has 0 unspecified atom stereocenters. The van der Waals surface area contributed by atoms with E-state index in [1.165, 1.54) is 6.42 Å². The van der Waals surface area contributed by atoms with E-state index in [1.54, 1.807) is 0 Å². The molecule has 1 rings (SSSR count). The summed E-state index contributed by atoms with van der Waals surface area (Å²) in [6.07, 6.45) is 4.02. The minimum Gasteiger partial charge on any atom is -0.346 e. The van der Waals surface area contributed by atoms with E-state index in [0.29, 0.717) is 12.3 Å². The molecule has 0 bridgehead atoms. The third kappa shape index (κ3) is 7.53. The normalized spacial score (nSPS) is 16.8. The number of nitrogens with one attached hydrogen (secondary N) is 1. The Morgan fingerprint density at radius 3 is 2.58 bits per heavy atom. The first-order valence-electron chi connectivity index (χ1n) is 7.76. The summed E-state index contributed by atoms with van der Waals surface area (Å²) >= 11 is 0. The second-order valence-electron chi connectivity index (χ2n) is 6.05. The Hall–Kier alpha value is -0.610. The minimum absolute atomic E-state index is 0.305. The molecule has 0 radical (unpaired) electrons. The number of hydrogen-bond acceptors (Lipinski definition) is 3. The predicted octanol–water partition coefficient (Wildman–Crippen LogP) is 1.57. The maximum Gasteiger partial charge on any atom is 0.222 e. The molecule has 1 amide bonds. The third-order valence-electron chi connectivity index (χ3n) is 3.78. The lowest BCUT2D eigenvalue weighted by Gasteiger charge is -2.27. The van der Waals surface area contributed by atoms with Crippen molar-refractivity contribution >= 4 is 5.91 Å². The third-order valence-corrected chi connectivity index (χ3v) is 3.78. The zero-order chi connectivity index (χ0) is 14.1. The molecule has 1 fully saturated rings. The Balaban J connectivity index is 2.05. The molecule has 4 heteroatoms. The van der Waals surface area contributed by atoms with E-state index >= 15 is 0 Å². The number of carbonyl (C=O) groups excluding carboxylic acids is 1. The summed E-state index contributed by atoms with van der Waals surface area (Å²) in [6.45, 7) is 10.9. The highest BCUT2D eigenvalue weighted by molar-refractivity contribution is 5.75. The van der Waals surface area contributed by atoms with Crippen molar-refractivity contribution < 1.29 is 4.79 Å². The van der Waals surface area contributed by atoms with Crippen molar-refractivity contribution in [2.75, 3.05) is 46.3 Å². The van der Waals surface area contributed by atoms with Gasteiger partial charge in [0.1, 0.15) is 0 Å². The molecule has 1 N–H and O–H groups in total. The van der Waals surface area contributed by atoms with E-state index in [-0.39, 0.29) is 0 Å². The van der Waals surface area contributed by atoms with Crippen LogP contribution in [0.2, 0.25) is 0 Å². The molecule has 19 heavy (non-hydrogen) atoms. The highest BCUT2D eigenvalue weighted by Crippen LogP contribution is 2.06. The molecule has 0 aromatic rings. The van der Waals surface area contributed by atoms with Crippen molar-refractivity contribution in [2.24, 2.45) is 5.92 Å². The highest BCUT2D eigenvalue weighted by atomic mass is 16.2. The summed E-state index contributed by atoms with van der Waals surface area (Å²) in [4.78, 5) is 16.3. The molecule has 1 aliphatic heterocycles. The van der Waals surface area contributed by atoms with Crippen LogP contribution < -0.4 is 5.32 Å². The number of rotatable bonds is 8. The smallest absolute Gasteiger partial charge is 0.222 e. The predicted molar refractivity (Wildman–Crippen MR) is 80.3 cm³/mol. The molecule has 0 saturated carbocycles. The monoisotopic (exact) mass is 269 g/mol. The van der Waals surface area contributed by atoms with Crippen LogP contribution in [0.3, 0.4) is 0 Å². The minimum atomic E-state index is 0.305. The topological polar surface area (TPSA) is 35.6 Å². The van der Waals surface area contributed by atoms with E-state index < -0.39 is 0 Å². The van der Waals surface area contributed by atoms with Gasteiger partial charge in [0.2, 0.25) is 5.91 Å². The van der Waals surface area contributed by atoms with E-state index in [0.717, 1.165) is 58.0 Å². The van der Waals surface area contributed by atoms with Gasteiger partial charge in [-0.15, -0.1) is 0 Å². The maximum atomic E-state index is 12.0. The fraction of sp³-hybridized carbons (Fsp3) is 0.933. The summed E-state index contributed by atoms with van der Waals surface area (Å²) < 4.78 is 0. The Kier molecular flexibility index (Phi) is 8.07. The van der Waals surface area contributed by atoms with Gasteiger partial charge in [-0.1, -0.05) is 13.8 Å². The Bertz CT molecular complexity index is 250. The molecule has 4 nitrogen and oxygen atoms in total. The fourth-order valence-corrected chi connectivity index (χ4v) is 2.44. The van der Waals surface area contributed by atoms with Gasteiger partial charge < -0.3 is 15.1 Å². The van der Waals surface area contributed by atoms with Crippen LogP contribution >= 0.6 is 0 Å². The van der Waals surface area contributed by atoms with Crippen LogP contribution in [0.5, 0.6) is 0 Å². The lowest BCUT2D eigenvalue weighted by Crippen LogP contribution is -2.43. The van der Waals surface area contributed by atoms with Gasteiger partial charge in [-0.2, -0.15) is 0 Å². The average molecular weight is 269 g/mol. The average Bonchev–Trinajstić information content (AvgIpc) is 2.39. The molecule has 1 heterocycles. The second kappa shape index (κ2) is 9.32. The number of carbonyl (C=O) groups is 1. The van der Waals surface area contributed by atoms with Crippen LogP contribution in [0.25, 0.3) is 0 Å². The molecular formula is C15H31N3O. The van der Waals surface area contributed by atoms with Crippen molar-refractivity contribution in [3.63, 3.8) is 0 Å². The zero-order valence-corrected chi connectivity index (χ0v) is 13.0. The Morgan fingerprint density at radius 2 is 1.95 bits per heavy atom. The van der Waals surface area contributed by atoms with Crippen LogP contribution in [0, 0.1) is 5.92 Å². The van der Waals surface area contributed by atoms with E-state index in [9.17, 15) is 4.79 Å². The van der Waals surface area contributed by atoms with Gasteiger partial charge in [0.25, 0.3) is 0 Å². The molecular weight excluding hydrogens is 238 g/mol. The van der Waals surface area contributed by atoms with Crippen LogP contribution in [0.15, 0.2) is 0 Å². The van der Waals surface area contributed by atoms with Crippen LogP contribution in [0.1, 0.15) is 39.5 Å². The fourth-order valence-electron chi connectivity index (χ4n) is 2.44. The van der Waals surface area contributed by atoms with E-state index in [4.69, 9.17) is 0 Å². The first-order chi connectivity index (χ1) is 9.09. The second-order valence-corrected chi connectivity index (χ2v) is 6.05. The number of nitrogens with zero attached hydrogens (tertiary/aromatic N) is 2. The maximum absolute atomic E-state index is 12.0. The lowest BCUT2D eigenvalue weighted by atomic mass is 10.1. The first kappa shape index (κ1) is 16.4. The van der Waals surface area contributed by atoms with Crippen molar-refractivity contribution in [3.8, 4) is 0 Å². The van der Waals surface area contributed by atoms with Crippen LogP contribution in [0.4, 0.5) is 0 Å². The molecule has 0 atom stereocenters. The Labute approximate surface area is 118 Å². The van der Waals surface area contributed by atoms with E-state index in [1.807, 2.05) is 11.9 Å².